The fraction of sp³-hybridized carbons (Fsp3) is 0.308. The molecule has 0 aliphatic carbocycles. The van der Waals surface area contributed by atoms with E-state index in [0.29, 0.717) is 17.3 Å². The van der Waals surface area contributed by atoms with Gasteiger partial charge < -0.3 is 5.32 Å². The summed E-state index contributed by atoms with van der Waals surface area (Å²) in [6.07, 6.45) is -3.17. The smallest absolute Gasteiger partial charge is 0.313 e. The molecule has 0 radical (unpaired) electrons. The van der Waals surface area contributed by atoms with Crippen LogP contribution in [0.15, 0.2) is 30.5 Å². The van der Waals surface area contributed by atoms with Crippen molar-refractivity contribution in [2.24, 2.45) is 0 Å². The zero-order valence-corrected chi connectivity index (χ0v) is 11.5. The number of alkyl halides is 3. The molecule has 0 spiro atoms. The Morgan fingerprint density at radius 2 is 2.05 bits per heavy atom. The molecule has 1 heterocycles. The second-order valence-corrected chi connectivity index (χ2v) is 4.63. The molecule has 1 aromatic heterocycles. The Kier molecular flexibility index (Phi) is 4.35. The molecule has 2 rings (SSSR count). The van der Waals surface area contributed by atoms with Crippen molar-refractivity contribution in [3.05, 3.63) is 46.7 Å². The van der Waals surface area contributed by atoms with Gasteiger partial charge in [0.2, 0.25) is 0 Å². The highest BCUT2D eigenvalue weighted by Gasteiger charge is 2.33. The minimum absolute atomic E-state index is 0.448. The molecule has 7 heteroatoms. The molecular formula is C13H13ClF3N3. The highest BCUT2D eigenvalue weighted by Crippen LogP contribution is 2.28. The van der Waals surface area contributed by atoms with Gasteiger partial charge in [0.1, 0.15) is 0 Å². The maximum absolute atomic E-state index is 12.6. The van der Waals surface area contributed by atoms with E-state index in [9.17, 15) is 13.2 Å². The molecule has 0 fully saturated rings. The number of benzene rings is 1. The Bertz CT molecular complexity index is 593. The molecule has 3 nitrogen and oxygen atoms in total. The Balaban J connectivity index is 2.40. The van der Waals surface area contributed by atoms with Crippen molar-refractivity contribution < 1.29 is 13.2 Å². The first kappa shape index (κ1) is 14.9. The minimum atomic E-state index is -4.45. The molecule has 2 aromatic rings. The van der Waals surface area contributed by atoms with Crippen molar-refractivity contribution in [1.29, 1.82) is 0 Å². The molecule has 1 aromatic carbocycles. The third-order valence-electron chi connectivity index (χ3n) is 2.74. The maximum atomic E-state index is 12.6. The molecule has 0 atom stereocenters. The molecule has 0 aliphatic heterocycles. The van der Waals surface area contributed by atoms with E-state index >= 15 is 0 Å². The first-order valence-corrected chi connectivity index (χ1v) is 6.42. The average molecular weight is 304 g/mol. The fourth-order valence-electron chi connectivity index (χ4n) is 1.77. The van der Waals surface area contributed by atoms with Gasteiger partial charge in [0, 0.05) is 17.8 Å². The molecular weight excluding hydrogens is 291 g/mol. The van der Waals surface area contributed by atoms with E-state index in [0.717, 1.165) is 18.2 Å². The van der Waals surface area contributed by atoms with Gasteiger partial charge >= 0.3 is 6.18 Å². The normalized spacial score (nSPS) is 11.8. The molecule has 0 aliphatic rings. The van der Waals surface area contributed by atoms with E-state index in [4.69, 9.17) is 11.6 Å². The molecule has 0 amide bonds. The van der Waals surface area contributed by atoms with Crippen LogP contribution in [0.4, 0.5) is 13.2 Å². The van der Waals surface area contributed by atoms with E-state index in [1.165, 1.54) is 10.9 Å². The highest BCUT2D eigenvalue weighted by atomic mass is 35.5. The molecule has 1 N–H and O–H groups in total. The van der Waals surface area contributed by atoms with E-state index in [1.54, 1.807) is 18.2 Å². The summed E-state index contributed by atoms with van der Waals surface area (Å²) in [6, 6.07) is 6.01. The predicted octanol–water partition coefficient (Wildman–Crippen LogP) is 3.65. The number of rotatable bonds is 4. The van der Waals surface area contributed by atoms with Gasteiger partial charge in [0.25, 0.3) is 0 Å². The topological polar surface area (TPSA) is 29.9 Å². The van der Waals surface area contributed by atoms with Gasteiger partial charge in [0.05, 0.1) is 5.69 Å². The Hall–Kier alpha value is -1.53. The van der Waals surface area contributed by atoms with Gasteiger partial charge in [-0.15, -0.1) is 0 Å². The van der Waals surface area contributed by atoms with Crippen LogP contribution in [0, 0.1) is 0 Å². The molecule has 20 heavy (non-hydrogen) atoms. The predicted molar refractivity (Wildman–Crippen MR) is 71.0 cm³/mol. The Morgan fingerprint density at radius 1 is 1.30 bits per heavy atom. The zero-order chi connectivity index (χ0) is 14.8. The summed E-state index contributed by atoms with van der Waals surface area (Å²) in [4.78, 5) is 0. The Labute approximate surface area is 119 Å². The molecule has 0 saturated carbocycles. The van der Waals surface area contributed by atoms with E-state index in [1.807, 2.05) is 6.92 Å². The second-order valence-electron chi connectivity index (χ2n) is 4.20. The summed E-state index contributed by atoms with van der Waals surface area (Å²) in [5.41, 5.74) is 0.439. The van der Waals surface area contributed by atoms with Gasteiger partial charge in [0.15, 0.2) is 5.69 Å². The summed E-state index contributed by atoms with van der Waals surface area (Å²) in [5.74, 6) is 0. The summed E-state index contributed by atoms with van der Waals surface area (Å²) in [5, 5.41) is 7.14. The average Bonchev–Trinajstić information content (AvgIpc) is 2.86. The summed E-state index contributed by atoms with van der Waals surface area (Å²) < 4.78 is 39.0. The second kappa shape index (κ2) is 5.85. The fourth-order valence-corrected chi connectivity index (χ4v) is 1.94. The number of nitrogens with one attached hydrogen (secondary N) is 1. The summed E-state index contributed by atoms with van der Waals surface area (Å²) >= 11 is 5.91. The van der Waals surface area contributed by atoms with Crippen LogP contribution >= 0.6 is 11.6 Å². The number of nitrogens with zero attached hydrogens (tertiary/aromatic N) is 2. The molecule has 108 valence electrons. The monoisotopic (exact) mass is 303 g/mol. The van der Waals surface area contributed by atoms with Crippen molar-refractivity contribution >= 4 is 11.6 Å². The first-order valence-electron chi connectivity index (χ1n) is 6.04. The van der Waals surface area contributed by atoms with Crippen LogP contribution in [0.2, 0.25) is 5.02 Å². The van der Waals surface area contributed by atoms with Crippen LogP contribution in [0.3, 0.4) is 0 Å². The van der Waals surface area contributed by atoms with Crippen molar-refractivity contribution in [1.82, 2.24) is 15.1 Å². The quantitative estimate of drug-likeness (QED) is 0.934. The van der Waals surface area contributed by atoms with Crippen LogP contribution in [-0.4, -0.2) is 16.3 Å². The third kappa shape index (κ3) is 3.32. The van der Waals surface area contributed by atoms with Gasteiger partial charge in [-0.3, -0.25) is 0 Å². The first-order chi connectivity index (χ1) is 9.41. The lowest BCUT2D eigenvalue weighted by Crippen LogP contribution is -2.14. The highest BCUT2D eigenvalue weighted by molar-refractivity contribution is 6.30. The summed E-state index contributed by atoms with van der Waals surface area (Å²) in [7, 11) is 0. The summed E-state index contributed by atoms with van der Waals surface area (Å²) in [6.45, 7) is 3.24. The van der Waals surface area contributed by atoms with Crippen LogP contribution in [0.5, 0.6) is 0 Å². The van der Waals surface area contributed by atoms with Crippen molar-refractivity contribution in [3.8, 4) is 5.69 Å². The van der Waals surface area contributed by atoms with Crippen LogP contribution in [-0.2, 0) is 12.7 Å². The van der Waals surface area contributed by atoms with Crippen LogP contribution in [0.25, 0.3) is 5.69 Å². The third-order valence-corrected chi connectivity index (χ3v) is 2.97. The molecule has 0 bridgehead atoms. The number of hydrogen-bond donors (Lipinski definition) is 1. The molecule has 0 saturated heterocycles. The van der Waals surface area contributed by atoms with E-state index in [2.05, 4.69) is 10.4 Å². The largest absolute Gasteiger partial charge is 0.435 e. The number of hydrogen-bond acceptors (Lipinski definition) is 2. The van der Waals surface area contributed by atoms with Crippen LogP contribution in [0.1, 0.15) is 18.2 Å². The van der Waals surface area contributed by atoms with Gasteiger partial charge in [-0.25, -0.2) is 4.68 Å². The molecule has 0 unspecified atom stereocenters. The lowest BCUT2D eigenvalue weighted by Gasteiger charge is -2.11. The van der Waals surface area contributed by atoms with Crippen LogP contribution < -0.4 is 5.32 Å². The van der Waals surface area contributed by atoms with Crippen molar-refractivity contribution in [3.63, 3.8) is 0 Å². The van der Waals surface area contributed by atoms with E-state index in [-0.39, 0.29) is 0 Å². The van der Waals surface area contributed by atoms with Gasteiger partial charge in [-0.1, -0.05) is 24.6 Å². The lowest BCUT2D eigenvalue weighted by atomic mass is 10.2. The maximum Gasteiger partial charge on any atom is 0.435 e. The van der Waals surface area contributed by atoms with Gasteiger partial charge in [-0.2, -0.15) is 18.3 Å². The number of aromatic nitrogens is 2. The number of halogens is 4. The standard InChI is InChI=1S/C13H13ClF3N3/c1-2-18-8-9-3-4-10(14)7-11(9)20-6-5-12(19-20)13(15,16)17/h3-7,18H,2,8H2,1H3. The van der Waals surface area contributed by atoms with E-state index < -0.39 is 11.9 Å². The zero-order valence-electron chi connectivity index (χ0n) is 10.7. The minimum Gasteiger partial charge on any atom is -0.313 e. The van der Waals surface area contributed by atoms with Gasteiger partial charge in [-0.05, 0) is 30.3 Å². The Morgan fingerprint density at radius 3 is 2.65 bits per heavy atom. The lowest BCUT2D eigenvalue weighted by molar-refractivity contribution is -0.141. The SMILES string of the molecule is CCNCc1ccc(Cl)cc1-n1ccc(C(F)(F)F)n1. The van der Waals surface area contributed by atoms with Crippen molar-refractivity contribution in [2.75, 3.05) is 6.54 Å². The van der Waals surface area contributed by atoms with Crippen molar-refractivity contribution in [2.45, 2.75) is 19.6 Å².